The van der Waals surface area contributed by atoms with Gasteiger partial charge >= 0.3 is 0 Å². The molecule has 1 N–H and O–H groups in total. The molecular weight excluding hydrogens is 343 g/mol. The Bertz CT molecular complexity index is 837. The maximum atomic E-state index is 13.4. The molecule has 4 aliphatic rings. The maximum absolute atomic E-state index is 13.4. The molecule has 0 amide bonds. The summed E-state index contributed by atoms with van der Waals surface area (Å²) in [6.07, 6.45) is 4.91. The van der Waals surface area contributed by atoms with Crippen molar-refractivity contribution in [3.8, 4) is 0 Å². The van der Waals surface area contributed by atoms with Crippen molar-refractivity contribution in [3.05, 3.63) is 36.3 Å². The van der Waals surface area contributed by atoms with Crippen LogP contribution in [0.1, 0.15) is 19.3 Å². The van der Waals surface area contributed by atoms with Crippen LogP contribution in [0.25, 0.3) is 10.8 Å². The second kappa shape index (κ2) is 6.20. The molecule has 1 spiro atoms. The highest BCUT2D eigenvalue weighted by Crippen LogP contribution is 2.42. The molecule has 132 valence electrons. The van der Waals surface area contributed by atoms with E-state index in [-0.39, 0.29) is 23.8 Å². The fraction of sp³-hybridized carbons (Fsp3) is 0.444. The summed E-state index contributed by atoms with van der Waals surface area (Å²) in [7, 11) is 0. The highest BCUT2D eigenvalue weighted by Gasteiger charge is 2.52. The van der Waals surface area contributed by atoms with Gasteiger partial charge in [-0.15, -0.1) is 12.4 Å². The molecule has 0 aliphatic carbocycles. The quantitative estimate of drug-likeness (QED) is 0.846. The predicted octanol–water partition coefficient (Wildman–Crippen LogP) is 3.22. The normalized spacial score (nSPS) is 32.1. The van der Waals surface area contributed by atoms with Crippen molar-refractivity contribution in [2.75, 3.05) is 19.6 Å². The summed E-state index contributed by atoms with van der Waals surface area (Å²) >= 11 is 0. The van der Waals surface area contributed by atoms with Crippen LogP contribution in [-0.4, -0.2) is 41.0 Å². The maximum Gasteiger partial charge on any atom is 0.154 e. The molecular formula is C18H20ClFN4O. The Kier molecular flexibility index (Phi) is 4.14. The third-order valence-corrected chi connectivity index (χ3v) is 5.58. The van der Waals surface area contributed by atoms with Gasteiger partial charge in [-0.25, -0.2) is 14.4 Å². The van der Waals surface area contributed by atoms with Gasteiger partial charge in [-0.1, -0.05) is 0 Å². The number of benzene rings is 1. The second-order valence-corrected chi connectivity index (χ2v) is 7.09. The number of hydrogen-bond donors (Lipinski definition) is 1. The average molecular weight is 363 g/mol. The van der Waals surface area contributed by atoms with Crippen molar-refractivity contribution in [3.63, 3.8) is 0 Å². The number of nitrogens with zero attached hydrogens (tertiary/aromatic N) is 3. The molecule has 2 bridgehead atoms. The van der Waals surface area contributed by atoms with Crippen LogP contribution >= 0.6 is 12.4 Å². The van der Waals surface area contributed by atoms with Crippen LogP contribution in [0.3, 0.4) is 0 Å². The van der Waals surface area contributed by atoms with Gasteiger partial charge in [0.25, 0.3) is 0 Å². The molecule has 0 radical (unpaired) electrons. The van der Waals surface area contributed by atoms with Gasteiger partial charge in [0, 0.05) is 24.5 Å². The van der Waals surface area contributed by atoms with Crippen LogP contribution in [0.15, 0.2) is 35.5 Å². The van der Waals surface area contributed by atoms with Gasteiger partial charge in [0.05, 0.1) is 0 Å². The summed E-state index contributed by atoms with van der Waals surface area (Å²) in [6.45, 7) is 3.33. The van der Waals surface area contributed by atoms with Gasteiger partial charge in [-0.2, -0.15) is 0 Å². The van der Waals surface area contributed by atoms with E-state index in [0.717, 1.165) is 29.6 Å². The molecule has 5 nitrogen and oxygen atoms in total. The molecule has 1 aromatic carbocycles. The minimum absolute atomic E-state index is 0. The molecule has 7 heteroatoms. The zero-order chi connectivity index (χ0) is 16.1. The van der Waals surface area contributed by atoms with Gasteiger partial charge in [-0.3, -0.25) is 10.3 Å². The molecule has 5 heterocycles. The number of fused-ring (bicyclic) bond motifs is 3. The van der Waals surface area contributed by atoms with E-state index in [0.29, 0.717) is 11.7 Å². The monoisotopic (exact) mass is 362 g/mol. The zero-order valence-electron chi connectivity index (χ0n) is 13.7. The van der Waals surface area contributed by atoms with E-state index >= 15 is 0 Å². The fourth-order valence-electron chi connectivity index (χ4n) is 4.32. The molecule has 4 saturated heterocycles. The van der Waals surface area contributed by atoms with Crippen LogP contribution in [0.2, 0.25) is 0 Å². The molecule has 0 saturated carbocycles. The van der Waals surface area contributed by atoms with Gasteiger partial charge < -0.3 is 4.90 Å². The minimum atomic E-state index is -0.249. The van der Waals surface area contributed by atoms with Gasteiger partial charge in [0.2, 0.25) is 0 Å². The van der Waals surface area contributed by atoms with Crippen molar-refractivity contribution in [1.82, 2.24) is 15.4 Å². The fourth-order valence-corrected chi connectivity index (χ4v) is 4.32. The van der Waals surface area contributed by atoms with E-state index in [1.54, 1.807) is 12.3 Å². The number of halogens is 2. The number of hydrogen-bond acceptors (Lipinski definition) is 4. The first-order valence-electron chi connectivity index (χ1n) is 8.49. The first-order chi connectivity index (χ1) is 11.7. The van der Waals surface area contributed by atoms with Crippen LogP contribution in [0, 0.1) is 11.7 Å². The first-order valence-corrected chi connectivity index (χ1v) is 8.49. The smallest absolute Gasteiger partial charge is 0.154 e. The number of pyridine rings is 1. The topological polar surface area (TPSA) is 49.8 Å². The highest BCUT2D eigenvalue weighted by molar-refractivity contribution is 5.88. The van der Waals surface area contributed by atoms with Crippen LogP contribution in [0.5, 0.6) is 0 Å². The Morgan fingerprint density at radius 2 is 2.08 bits per heavy atom. The zero-order valence-corrected chi connectivity index (χ0v) is 14.6. The third-order valence-electron chi connectivity index (χ3n) is 5.58. The van der Waals surface area contributed by atoms with E-state index in [9.17, 15) is 4.39 Å². The van der Waals surface area contributed by atoms with Crippen LogP contribution < -0.4 is 5.48 Å². The van der Waals surface area contributed by atoms with Crippen molar-refractivity contribution in [2.24, 2.45) is 10.9 Å². The Morgan fingerprint density at radius 1 is 1.24 bits per heavy atom. The van der Waals surface area contributed by atoms with Gasteiger partial charge in [-0.05, 0) is 61.5 Å². The van der Waals surface area contributed by atoms with E-state index in [2.05, 4.69) is 20.4 Å². The summed E-state index contributed by atoms with van der Waals surface area (Å²) < 4.78 is 13.4. The van der Waals surface area contributed by atoms with Crippen molar-refractivity contribution >= 4 is 34.8 Å². The van der Waals surface area contributed by atoms with Crippen molar-refractivity contribution in [1.29, 1.82) is 0 Å². The average Bonchev–Trinajstić information content (AvgIpc) is 2.97. The number of hydroxylamine groups is 1. The molecule has 4 fully saturated rings. The minimum Gasteiger partial charge on any atom is -0.300 e. The Labute approximate surface area is 151 Å². The molecule has 6 rings (SSSR count). The van der Waals surface area contributed by atoms with E-state index in [1.807, 2.05) is 6.07 Å². The number of amidine groups is 1. The van der Waals surface area contributed by atoms with Crippen LogP contribution in [-0.2, 0) is 4.84 Å². The van der Waals surface area contributed by atoms with Crippen molar-refractivity contribution in [2.45, 2.75) is 24.9 Å². The van der Waals surface area contributed by atoms with Gasteiger partial charge in [0.1, 0.15) is 17.3 Å². The lowest BCUT2D eigenvalue weighted by Crippen LogP contribution is -2.59. The largest absolute Gasteiger partial charge is 0.300 e. The van der Waals surface area contributed by atoms with Gasteiger partial charge in [0.15, 0.2) is 5.82 Å². The number of aromatic nitrogens is 1. The number of piperidine rings is 3. The highest BCUT2D eigenvalue weighted by atomic mass is 35.5. The molecule has 2 aromatic rings. The standard InChI is InChI=1S/C18H19FN4O.ClH/c19-15-2-1-12-10-20-16(8-13(12)7-15)21-17-9-18(24-22-17)11-23-5-3-14(18)4-6-23;/h1-2,7-8,10,14H,3-6,9,11H2,(H,20,21,22);1H/t18-;/m0./s1. The van der Waals surface area contributed by atoms with E-state index in [4.69, 9.17) is 4.84 Å². The lowest BCUT2D eigenvalue weighted by molar-refractivity contribution is -0.150. The molecule has 0 unspecified atom stereocenters. The number of aliphatic imine (C=N–C) groups is 1. The molecule has 1 atom stereocenters. The lowest BCUT2D eigenvalue weighted by Gasteiger charge is -2.49. The van der Waals surface area contributed by atoms with E-state index < -0.39 is 0 Å². The second-order valence-electron chi connectivity index (χ2n) is 7.09. The molecule has 4 aliphatic heterocycles. The third kappa shape index (κ3) is 2.88. The predicted molar refractivity (Wildman–Crippen MR) is 96.8 cm³/mol. The summed E-state index contributed by atoms with van der Waals surface area (Å²) in [6, 6.07) is 6.50. The Morgan fingerprint density at radius 3 is 2.84 bits per heavy atom. The molecule has 25 heavy (non-hydrogen) atoms. The Balaban J connectivity index is 0.00000157. The van der Waals surface area contributed by atoms with Crippen LogP contribution in [0.4, 0.5) is 10.2 Å². The van der Waals surface area contributed by atoms with E-state index in [1.165, 1.54) is 38.1 Å². The van der Waals surface area contributed by atoms with Crippen molar-refractivity contribution < 1.29 is 9.23 Å². The number of nitrogens with one attached hydrogen (secondary N) is 1. The SMILES string of the molecule is Cl.Fc1ccc2cnc(N=C3C[C@@]4(CN5CCC4CC5)ON3)cc2c1. The summed E-state index contributed by atoms with van der Waals surface area (Å²) in [5.41, 5.74) is 2.88. The summed E-state index contributed by atoms with van der Waals surface area (Å²) in [5.74, 6) is 1.74. The number of rotatable bonds is 1. The Hall–Kier alpha value is -1.76. The summed E-state index contributed by atoms with van der Waals surface area (Å²) in [5, 5.41) is 1.71. The lowest BCUT2D eigenvalue weighted by atomic mass is 9.74. The molecule has 1 aromatic heterocycles. The summed E-state index contributed by atoms with van der Waals surface area (Å²) in [4.78, 5) is 17.4. The first kappa shape index (κ1) is 16.7.